The summed E-state index contributed by atoms with van der Waals surface area (Å²) in [5, 5.41) is 12.7. The lowest BCUT2D eigenvalue weighted by Gasteiger charge is -2.26. The van der Waals surface area contributed by atoms with Crippen molar-refractivity contribution in [3.8, 4) is 0 Å². The van der Waals surface area contributed by atoms with Crippen molar-refractivity contribution in [2.24, 2.45) is 0 Å². The molecule has 4 heteroatoms. The van der Waals surface area contributed by atoms with Gasteiger partial charge in [-0.05, 0) is 37.8 Å². The number of pyridine rings is 1. The Morgan fingerprint density at radius 3 is 2.67 bits per heavy atom. The first-order valence-electron chi connectivity index (χ1n) is 5.41. The molecule has 1 aromatic heterocycles. The zero-order chi connectivity index (χ0) is 10.7. The van der Waals surface area contributed by atoms with Gasteiger partial charge in [-0.3, -0.25) is 0 Å². The average Bonchev–Trinajstić information content (AvgIpc) is 2.22. The number of hydrogen-bond acceptors (Lipinski definition) is 4. The monoisotopic (exact) mass is 207 g/mol. The van der Waals surface area contributed by atoms with E-state index >= 15 is 0 Å². The first kappa shape index (κ1) is 10.2. The summed E-state index contributed by atoms with van der Waals surface area (Å²) >= 11 is 0. The van der Waals surface area contributed by atoms with Crippen molar-refractivity contribution < 1.29 is 5.11 Å². The van der Waals surface area contributed by atoms with Crippen LogP contribution in [0.15, 0.2) is 18.2 Å². The van der Waals surface area contributed by atoms with E-state index in [1.165, 1.54) is 0 Å². The fourth-order valence-corrected chi connectivity index (χ4v) is 1.96. The molecule has 2 rings (SSSR count). The number of aliphatic hydroxyl groups excluding tert-OH is 1. The van der Waals surface area contributed by atoms with Crippen molar-refractivity contribution in [1.29, 1.82) is 0 Å². The number of nitrogens with two attached hydrogens (primary N) is 1. The van der Waals surface area contributed by atoms with Crippen molar-refractivity contribution in [2.75, 3.05) is 11.1 Å². The van der Waals surface area contributed by atoms with Gasteiger partial charge in [0.2, 0.25) is 0 Å². The maximum Gasteiger partial charge on any atom is 0.128 e. The molecule has 0 aliphatic heterocycles. The molecule has 1 aromatic rings. The zero-order valence-electron chi connectivity index (χ0n) is 8.69. The first-order chi connectivity index (χ1) is 7.24. The van der Waals surface area contributed by atoms with Gasteiger partial charge in [-0.15, -0.1) is 0 Å². The number of anilines is 2. The maximum atomic E-state index is 9.37. The minimum Gasteiger partial charge on any atom is -0.393 e. The van der Waals surface area contributed by atoms with E-state index < -0.39 is 0 Å². The van der Waals surface area contributed by atoms with Crippen LogP contribution in [-0.4, -0.2) is 22.2 Å². The molecule has 1 saturated carbocycles. The largest absolute Gasteiger partial charge is 0.393 e. The predicted octanol–water partition coefficient (Wildman–Crippen LogP) is 1.38. The highest BCUT2D eigenvalue weighted by molar-refractivity contribution is 5.42. The van der Waals surface area contributed by atoms with E-state index in [4.69, 9.17) is 5.73 Å². The van der Waals surface area contributed by atoms with Gasteiger partial charge >= 0.3 is 0 Å². The van der Waals surface area contributed by atoms with Gasteiger partial charge in [-0.2, -0.15) is 0 Å². The van der Waals surface area contributed by atoms with Gasteiger partial charge in [-0.25, -0.2) is 4.98 Å². The lowest BCUT2D eigenvalue weighted by atomic mass is 9.93. The van der Waals surface area contributed by atoms with E-state index in [0.29, 0.717) is 11.9 Å². The number of rotatable bonds is 2. The topological polar surface area (TPSA) is 71.2 Å². The molecule has 1 fully saturated rings. The minimum absolute atomic E-state index is 0.114. The molecule has 0 saturated heterocycles. The lowest BCUT2D eigenvalue weighted by Crippen LogP contribution is -2.28. The van der Waals surface area contributed by atoms with E-state index in [1.54, 1.807) is 6.07 Å². The lowest BCUT2D eigenvalue weighted by molar-refractivity contribution is 0.126. The molecule has 1 aliphatic rings. The van der Waals surface area contributed by atoms with Gasteiger partial charge in [0.15, 0.2) is 0 Å². The highest BCUT2D eigenvalue weighted by atomic mass is 16.3. The molecule has 1 heterocycles. The van der Waals surface area contributed by atoms with Crippen LogP contribution in [0.3, 0.4) is 0 Å². The predicted molar refractivity (Wildman–Crippen MR) is 60.5 cm³/mol. The third-order valence-electron chi connectivity index (χ3n) is 2.82. The summed E-state index contributed by atoms with van der Waals surface area (Å²) in [6.45, 7) is 0. The van der Waals surface area contributed by atoms with Crippen molar-refractivity contribution >= 4 is 11.6 Å². The normalized spacial score (nSPS) is 26.2. The van der Waals surface area contributed by atoms with Crippen LogP contribution in [-0.2, 0) is 0 Å². The fraction of sp³-hybridized carbons (Fsp3) is 0.545. The highest BCUT2D eigenvalue weighted by Gasteiger charge is 2.19. The Kier molecular flexibility index (Phi) is 3.06. The van der Waals surface area contributed by atoms with Crippen LogP contribution in [0.5, 0.6) is 0 Å². The molecule has 0 bridgehead atoms. The van der Waals surface area contributed by atoms with E-state index in [1.807, 2.05) is 12.1 Å². The molecule has 0 unspecified atom stereocenters. The summed E-state index contributed by atoms with van der Waals surface area (Å²) in [4.78, 5) is 4.19. The van der Waals surface area contributed by atoms with Crippen molar-refractivity contribution in [3.05, 3.63) is 18.2 Å². The number of aromatic nitrogens is 1. The average molecular weight is 207 g/mol. The molecule has 82 valence electrons. The molecule has 0 aromatic carbocycles. The van der Waals surface area contributed by atoms with Crippen LogP contribution in [0, 0.1) is 0 Å². The summed E-state index contributed by atoms with van der Waals surface area (Å²) < 4.78 is 0. The Morgan fingerprint density at radius 2 is 2.00 bits per heavy atom. The van der Waals surface area contributed by atoms with Gasteiger partial charge in [0.25, 0.3) is 0 Å². The minimum atomic E-state index is -0.114. The molecular formula is C11H17N3O. The smallest absolute Gasteiger partial charge is 0.128 e. The molecule has 0 amide bonds. The number of aliphatic hydroxyl groups is 1. The van der Waals surface area contributed by atoms with Crippen LogP contribution in [0.25, 0.3) is 0 Å². The fourth-order valence-electron chi connectivity index (χ4n) is 1.96. The molecule has 0 spiro atoms. The van der Waals surface area contributed by atoms with Crippen LogP contribution in [0.2, 0.25) is 0 Å². The quantitative estimate of drug-likeness (QED) is 0.685. The molecular weight excluding hydrogens is 190 g/mol. The second-order valence-electron chi connectivity index (χ2n) is 4.10. The third kappa shape index (κ3) is 2.83. The van der Waals surface area contributed by atoms with Gasteiger partial charge in [0.05, 0.1) is 6.10 Å². The Hall–Kier alpha value is -1.29. The molecule has 15 heavy (non-hydrogen) atoms. The van der Waals surface area contributed by atoms with Crippen LogP contribution in [0.4, 0.5) is 11.6 Å². The van der Waals surface area contributed by atoms with Crippen LogP contribution in [0.1, 0.15) is 25.7 Å². The summed E-state index contributed by atoms with van der Waals surface area (Å²) in [7, 11) is 0. The Balaban J connectivity index is 1.92. The number of nitrogens with one attached hydrogen (secondary N) is 1. The second-order valence-corrected chi connectivity index (χ2v) is 4.10. The van der Waals surface area contributed by atoms with Crippen molar-refractivity contribution in [1.82, 2.24) is 4.98 Å². The highest BCUT2D eigenvalue weighted by Crippen LogP contribution is 2.21. The zero-order valence-corrected chi connectivity index (χ0v) is 8.69. The van der Waals surface area contributed by atoms with Crippen molar-refractivity contribution in [3.63, 3.8) is 0 Å². The third-order valence-corrected chi connectivity index (χ3v) is 2.82. The van der Waals surface area contributed by atoms with Crippen LogP contribution >= 0.6 is 0 Å². The Bertz CT molecular complexity index is 321. The summed E-state index contributed by atoms with van der Waals surface area (Å²) in [5.41, 5.74) is 5.59. The standard InChI is InChI=1S/C11H17N3O/c12-10-2-1-3-11(14-10)13-8-4-6-9(15)7-5-8/h1-3,8-9,15H,4-7H2,(H3,12,13,14). The molecule has 4 N–H and O–H groups in total. The Labute approximate surface area is 89.5 Å². The summed E-state index contributed by atoms with van der Waals surface area (Å²) in [6.07, 6.45) is 3.63. The van der Waals surface area contributed by atoms with Gasteiger partial charge in [0.1, 0.15) is 11.6 Å². The van der Waals surface area contributed by atoms with E-state index in [0.717, 1.165) is 31.5 Å². The van der Waals surface area contributed by atoms with E-state index in [-0.39, 0.29) is 6.10 Å². The molecule has 4 nitrogen and oxygen atoms in total. The van der Waals surface area contributed by atoms with Crippen LogP contribution < -0.4 is 11.1 Å². The number of hydrogen-bond donors (Lipinski definition) is 3. The molecule has 0 atom stereocenters. The van der Waals surface area contributed by atoms with Gasteiger partial charge < -0.3 is 16.2 Å². The SMILES string of the molecule is Nc1cccc(NC2CCC(O)CC2)n1. The number of nitrogens with zero attached hydrogens (tertiary/aromatic N) is 1. The first-order valence-corrected chi connectivity index (χ1v) is 5.41. The van der Waals surface area contributed by atoms with E-state index in [2.05, 4.69) is 10.3 Å². The van der Waals surface area contributed by atoms with Crippen molar-refractivity contribution in [2.45, 2.75) is 37.8 Å². The molecule has 1 aliphatic carbocycles. The molecule has 0 radical (unpaired) electrons. The number of nitrogen functional groups attached to an aromatic ring is 1. The van der Waals surface area contributed by atoms with Gasteiger partial charge in [-0.1, -0.05) is 6.07 Å². The summed E-state index contributed by atoms with van der Waals surface area (Å²) in [5.74, 6) is 1.37. The van der Waals surface area contributed by atoms with E-state index in [9.17, 15) is 5.11 Å². The Morgan fingerprint density at radius 1 is 1.27 bits per heavy atom. The maximum absolute atomic E-state index is 9.37. The summed E-state index contributed by atoms with van der Waals surface area (Å²) in [6, 6.07) is 6.00. The second kappa shape index (κ2) is 4.49. The van der Waals surface area contributed by atoms with Gasteiger partial charge in [0, 0.05) is 6.04 Å².